The second-order valence-electron chi connectivity index (χ2n) is 6.55. The second-order valence-corrected chi connectivity index (χ2v) is 6.55. The molecular formula is C20H20N4O6. The summed E-state index contributed by atoms with van der Waals surface area (Å²) in [6, 6.07) is 11.4. The Morgan fingerprint density at radius 2 is 2.13 bits per heavy atom. The maximum atomic E-state index is 12.6. The first-order valence-corrected chi connectivity index (χ1v) is 9.22. The molecule has 0 bridgehead atoms. The van der Waals surface area contributed by atoms with Gasteiger partial charge >= 0.3 is 0 Å². The third-order valence-electron chi connectivity index (χ3n) is 4.67. The number of nitro benzene ring substituents is 1. The van der Waals surface area contributed by atoms with Crippen molar-refractivity contribution in [3.63, 3.8) is 0 Å². The number of ether oxygens (including phenoxy) is 1. The van der Waals surface area contributed by atoms with Crippen LogP contribution in [0.2, 0.25) is 0 Å². The topological polar surface area (TPSA) is 143 Å². The van der Waals surface area contributed by atoms with Crippen molar-refractivity contribution in [1.29, 1.82) is 0 Å². The molecule has 10 nitrogen and oxygen atoms in total. The van der Waals surface area contributed by atoms with Gasteiger partial charge in [0.2, 0.25) is 5.91 Å². The van der Waals surface area contributed by atoms with Crippen LogP contribution in [0.5, 0.6) is 11.5 Å². The normalized spacial score (nSPS) is 18.2. The van der Waals surface area contributed by atoms with Gasteiger partial charge in [-0.3, -0.25) is 19.7 Å². The fourth-order valence-electron chi connectivity index (χ4n) is 3.25. The van der Waals surface area contributed by atoms with Gasteiger partial charge in [-0.25, -0.2) is 5.43 Å². The van der Waals surface area contributed by atoms with Crippen molar-refractivity contribution >= 4 is 23.7 Å². The molecule has 3 N–H and O–H groups in total. The van der Waals surface area contributed by atoms with Gasteiger partial charge in [-0.1, -0.05) is 30.3 Å². The Balaban J connectivity index is 1.78. The summed E-state index contributed by atoms with van der Waals surface area (Å²) in [5.74, 6) is -2.76. The monoisotopic (exact) mass is 412 g/mol. The van der Waals surface area contributed by atoms with Gasteiger partial charge in [0.25, 0.3) is 11.6 Å². The number of phenols is 1. The van der Waals surface area contributed by atoms with Gasteiger partial charge in [0.1, 0.15) is 5.92 Å². The summed E-state index contributed by atoms with van der Waals surface area (Å²) in [5, 5.41) is 27.8. The number of hydrogen-bond donors (Lipinski definition) is 3. The summed E-state index contributed by atoms with van der Waals surface area (Å²) >= 11 is 0. The van der Waals surface area contributed by atoms with Gasteiger partial charge in [-0.05, 0) is 12.5 Å². The molecule has 30 heavy (non-hydrogen) atoms. The summed E-state index contributed by atoms with van der Waals surface area (Å²) < 4.78 is 5.20. The Bertz CT molecular complexity index is 992. The molecule has 1 saturated heterocycles. The van der Waals surface area contributed by atoms with Crippen LogP contribution in [0, 0.1) is 16.0 Å². The van der Waals surface area contributed by atoms with Crippen molar-refractivity contribution in [3.8, 4) is 11.5 Å². The number of rotatable bonds is 7. The number of carbonyl (C=O) groups is 2. The minimum atomic E-state index is -0.970. The van der Waals surface area contributed by atoms with Gasteiger partial charge in [0.15, 0.2) is 11.5 Å². The number of non-ortho nitro benzene ring substituents is 1. The third-order valence-corrected chi connectivity index (χ3v) is 4.67. The Kier molecular flexibility index (Phi) is 6.26. The lowest BCUT2D eigenvalue weighted by Gasteiger charge is -2.15. The molecule has 2 amide bonds. The number of hydrazone groups is 1. The summed E-state index contributed by atoms with van der Waals surface area (Å²) in [6.45, 7) is 2.19. The zero-order valence-corrected chi connectivity index (χ0v) is 16.1. The largest absolute Gasteiger partial charge is 0.504 e. The molecule has 2 aromatic carbocycles. The van der Waals surface area contributed by atoms with Crippen LogP contribution in [0.1, 0.15) is 24.0 Å². The van der Waals surface area contributed by atoms with Crippen molar-refractivity contribution in [2.24, 2.45) is 11.0 Å². The molecule has 1 aliphatic heterocycles. The average molecular weight is 412 g/mol. The smallest absolute Gasteiger partial charge is 0.274 e. The molecule has 0 saturated carbocycles. The van der Waals surface area contributed by atoms with E-state index in [0.29, 0.717) is 6.54 Å². The van der Waals surface area contributed by atoms with Crippen LogP contribution in [0.4, 0.5) is 5.69 Å². The highest BCUT2D eigenvalue weighted by Crippen LogP contribution is 2.34. The summed E-state index contributed by atoms with van der Waals surface area (Å²) in [7, 11) is 0. The van der Waals surface area contributed by atoms with E-state index in [4.69, 9.17) is 4.74 Å². The van der Waals surface area contributed by atoms with E-state index in [1.54, 1.807) is 6.92 Å². The van der Waals surface area contributed by atoms with Crippen LogP contribution in [0.3, 0.4) is 0 Å². The van der Waals surface area contributed by atoms with E-state index in [1.807, 2.05) is 30.3 Å². The number of nitrogens with one attached hydrogen (secondary N) is 2. The molecule has 3 rings (SSSR count). The summed E-state index contributed by atoms with van der Waals surface area (Å²) in [6.07, 6.45) is 1.06. The van der Waals surface area contributed by atoms with Crippen molar-refractivity contribution in [2.75, 3.05) is 13.2 Å². The number of benzene rings is 2. The van der Waals surface area contributed by atoms with Gasteiger partial charge in [-0.15, -0.1) is 0 Å². The Labute approximate surface area is 171 Å². The Hall–Kier alpha value is -3.95. The molecule has 2 atom stereocenters. The quantitative estimate of drug-likeness (QED) is 0.273. The molecule has 0 radical (unpaired) electrons. The van der Waals surface area contributed by atoms with Gasteiger partial charge in [0, 0.05) is 24.1 Å². The lowest BCUT2D eigenvalue weighted by molar-refractivity contribution is -0.385. The highest BCUT2D eigenvalue weighted by molar-refractivity contribution is 6.03. The molecule has 156 valence electrons. The molecule has 1 aliphatic rings. The molecule has 0 aliphatic carbocycles. The Morgan fingerprint density at radius 3 is 2.80 bits per heavy atom. The summed E-state index contributed by atoms with van der Waals surface area (Å²) in [5.41, 5.74) is 2.81. The summed E-state index contributed by atoms with van der Waals surface area (Å²) in [4.78, 5) is 35.2. The maximum Gasteiger partial charge on any atom is 0.274 e. The first-order valence-electron chi connectivity index (χ1n) is 9.22. The molecule has 0 spiro atoms. The van der Waals surface area contributed by atoms with Crippen LogP contribution >= 0.6 is 0 Å². The predicted octanol–water partition coefficient (Wildman–Crippen LogP) is 1.68. The van der Waals surface area contributed by atoms with Crippen molar-refractivity contribution in [1.82, 2.24) is 10.7 Å². The average Bonchev–Trinajstić information content (AvgIpc) is 3.12. The predicted molar refractivity (Wildman–Crippen MR) is 107 cm³/mol. The highest BCUT2D eigenvalue weighted by Gasteiger charge is 2.40. The number of amides is 2. The number of phenolic OH excluding ortho intramolecular Hbond substituents is 1. The maximum absolute atomic E-state index is 12.6. The van der Waals surface area contributed by atoms with Crippen molar-refractivity contribution < 1.29 is 24.4 Å². The van der Waals surface area contributed by atoms with E-state index in [2.05, 4.69) is 15.8 Å². The van der Waals surface area contributed by atoms with E-state index in [0.717, 1.165) is 23.9 Å². The lowest BCUT2D eigenvalue weighted by Crippen LogP contribution is -2.34. The zero-order chi connectivity index (χ0) is 21.7. The molecular weight excluding hydrogens is 392 g/mol. The fraction of sp³-hybridized carbons (Fsp3) is 0.250. The molecule has 10 heteroatoms. The fourth-order valence-corrected chi connectivity index (χ4v) is 3.25. The first-order chi connectivity index (χ1) is 14.4. The van der Waals surface area contributed by atoms with Gasteiger partial charge < -0.3 is 15.2 Å². The minimum absolute atomic E-state index is 0.0107. The van der Waals surface area contributed by atoms with Crippen LogP contribution in [-0.4, -0.2) is 41.2 Å². The van der Waals surface area contributed by atoms with E-state index in [9.17, 15) is 24.8 Å². The standard InChI is InChI=1S/C20H20N4O6/c1-2-30-16-9-14(24(28)29)8-13(18(16)25)10-22-23-20(27)17-15(11-21-19(17)26)12-6-4-3-5-7-12/h3-10,15,17,25H,2,11H2,1H3,(H,21,26)(H,23,27)/b22-10-. The van der Waals surface area contributed by atoms with Crippen LogP contribution < -0.4 is 15.5 Å². The first kappa shape index (κ1) is 20.8. The van der Waals surface area contributed by atoms with E-state index in [1.165, 1.54) is 0 Å². The van der Waals surface area contributed by atoms with Crippen LogP contribution in [0.15, 0.2) is 47.6 Å². The third kappa shape index (κ3) is 4.37. The molecule has 1 fully saturated rings. The zero-order valence-electron chi connectivity index (χ0n) is 16.1. The van der Waals surface area contributed by atoms with Crippen molar-refractivity contribution in [2.45, 2.75) is 12.8 Å². The number of hydrogen-bond acceptors (Lipinski definition) is 7. The highest BCUT2D eigenvalue weighted by atomic mass is 16.6. The number of nitrogens with zero attached hydrogens (tertiary/aromatic N) is 2. The van der Waals surface area contributed by atoms with Gasteiger partial charge in [-0.2, -0.15) is 5.10 Å². The van der Waals surface area contributed by atoms with Crippen LogP contribution in [-0.2, 0) is 9.59 Å². The molecule has 0 aromatic heterocycles. The molecule has 2 aromatic rings. The van der Waals surface area contributed by atoms with E-state index in [-0.39, 0.29) is 35.3 Å². The van der Waals surface area contributed by atoms with Crippen LogP contribution in [0.25, 0.3) is 0 Å². The van der Waals surface area contributed by atoms with Gasteiger partial charge in [0.05, 0.1) is 23.8 Å². The number of aromatic hydroxyl groups is 1. The Morgan fingerprint density at radius 1 is 1.40 bits per heavy atom. The minimum Gasteiger partial charge on any atom is -0.504 e. The SMILES string of the molecule is CCOc1cc([N+](=O)[O-])cc(/C=N\NC(=O)C2C(=O)NCC2c2ccccc2)c1O. The van der Waals surface area contributed by atoms with Crippen molar-refractivity contribution in [3.05, 3.63) is 63.7 Å². The second kappa shape index (κ2) is 9.03. The molecule has 2 unspecified atom stereocenters. The number of carbonyl (C=O) groups excluding carboxylic acids is 2. The molecule has 1 heterocycles. The van der Waals surface area contributed by atoms with E-state index < -0.39 is 22.7 Å². The lowest BCUT2D eigenvalue weighted by atomic mass is 9.88. The number of nitro groups is 1. The van der Waals surface area contributed by atoms with E-state index >= 15 is 0 Å².